The summed E-state index contributed by atoms with van der Waals surface area (Å²) in [4.78, 5) is 33.2. The van der Waals surface area contributed by atoms with Crippen LogP contribution in [0.3, 0.4) is 0 Å². The minimum absolute atomic E-state index is 0.0202. The summed E-state index contributed by atoms with van der Waals surface area (Å²) >= 11 is 7.23. The standard InChI is InChI=1S/C19H22ClN3O3S/c1-13-18(19(25)23-9-3-8-22(10-11-23)14(2)24)27-17(21-13)12-26-16-6-4-15(20)5-7-16/h4-7H,3,8-12H2,1-2H3. The fourth-order valence-electron chi connectivity index (χ4n) is 2.97. The maximum Gasteiger partial charge on any atom is 0.265 e. The normalized spacial score (nSPS) is 14.8. The number of rotatable bonds is 4. The molecule has 1 aromatic heterocycles. The van der Waals surface area contributed by atoms with Gasteiger partial charge in [-0.3, -0.25) is 9.59 Å². The van der Waals surface area contributed by atoms with E-state index in [-0.39, 0.29) is 11.8 Å². The number of amides is 2. The number of aromatic nitrogens is 1. The van der Waals surface area contributed by atoms with Crippen LogP contribution < -0.4 is 4.74 Å². The summed E-state index contributed by atoms with van der Waals surface area (Å²) in [6, 6.07) is 7.13. The van der Waals surface area contributed by atoms with Gasteiger partial charge in [0.2, 0.25) is 5.91 Å². The third kappa shape index (κ3) is 4.99. The first-order valence-electron chi connectivity index (χ1n) is 8.83. The van der Waals surface area contributed by atoms with E-state index in [1.54, 1.807) is 36.1 Å². The topological polar surface area (TPSA) is 62.7 Å². The SMILES string of the molecule is CC(=O)N1CCCN(C(=O)c2sc(COc3ccc(Cl)cc3)nc2C)CC1. The van der Waals surface area contributed by atoms with E-state index in [2.05, 4.69) is 4.98 Å². The second-order valence-corrected chi connectivity index (χ2v) is 7.94. The van der Waals surface area contributed by atoms with Gasteiger partial charge in [0.1, 0.15) is 22.2 Å². The lowest BCUT2D eigenvalue weighted by atomic mass is 10.3. The molecule has 1 fully saturated rings. The Morgan fingerprint density at radius 1 is 1.15 bits per heavy atom. The van der Waals surface area contributed by atoms with Crippen LogP contribution in [0.4, 0.5) is 0 Å². The molecule has 0 saturated carbocycles. The summed E-state index contributed by atoms with van der Waals surface area (Å²) in [5.41, 5.74) is 0.715. The fraction of sp³-hybridized carbons (Fsp3) is 0.421. The molecule has 0 bridgehead atoms. The largest absolute Gasteiger partial charge is 0.486 e. The summed E-state index contributed by atoms with van der Waals surface area (Å²) in [5, 5.41) is 1.41. The van der Waals surface area contributed by atoms with Crippen molar-refractivity contribution in [2.24, 2.45) is 0 Å². The number of nitrogens with zero attached hydrogens (tertiary/aromatic N) is 3. The number of carbonyl (C=O) groups excluding carboxylic acids is 2. The molecule has 144 valence electrons. The van der Waals surface area contributed by atoms with Gasteiger partial charge >= 0.3 is 0 Å². The number of hydrogen-bond donors (Lipinski definition) is 0. The Hall–Kier alpha value is -2.12. The molecule has 6 nitrogen and oxygen atoms in total. The molecule has 1 aliphatic rings. The van der Waals surface area contributed by atoms with Gasteiger partial charge in [0, 0.05) is 38.1 Å². The lowest BCUT2D eigenvalue weighted by Gasteiger charge is -2.21. The molecule has 0 radical (unpaired) electrons. The van der Waals surface area contributed by atoms with Gasteiger partial charge in [-0.15, -0.1) is 11.3 Å². The predicted molar refractivity (Wildman–Crippen MR) is 105 cm³/mol. The van der Waals surface area contributed by atoms with Crippen LogP contribution in [0.1, 0.15) is 33.7 Å². The molecule has 8 heteroatoms. The van der Waals surface area contributed by atoms with Crippen molar-refractivity contribution in [1.29, 1.82) is 0 Å². The first-order chi connectivity index (χ1) is 12.9. The van der Waals surface area contributed by atoms with Crippen LogP contribution in [0.25, 0.3) is 0 Å². The van der Waals surface area contributed by atoms with Crippen molar-refractivity contribution in [3.63, 3.8) is 0 Å². The van der Waals surface area contributed by atoms with Crippen molar-refractivity contribution < 1.29 is 14.3 Å². The Morgan fingerprint density at radius 3 is 2.52 bits per heavy atom. The molecule has 3 rings (SSSR count). The molecule has 1 saturated heterocycles. The number of thiazole rings is 1. The van der Waals surface area contributed by atoms with E-state index in [0.717, 1.165) is 11.4 Å². The molecule has 1 aliphatic heterocycles. The van der Waals surface area contributed by atoms with E-state index >= 15 is 0 Å². The maximum atomic E-state index is 12.9. The maximum absolute atomic E-state index is 12.9. The molecule has 0 aliphatic carbocycles. The second kappa shape index (κ2) is 8.71. The zero-order chi connectivity index (χ0) is 19.4. The van der Waals surface area contributed by atoms with Gasteiger partial charge in [0.25, 0.3) is 5.91 Å². The zero-order valence-corrected chi connectivity index (χ0v) is 17.0. The van der Waals surface area contributed by atoms with Crippen LogP contribution >= 0.6 is 22.9 Å². The van der Waals surface area contributed by atoms with Gasteiger partial charge in [-0.2, -0.15) is 0 Å². The number of halogens is 1. The highest BCUT2D eigenvalue weighted by molar-refractivity contribution is 7.13. The molecule has 2 amide bonds. The number of benzene rings is 1. The first kappa shape index (κ1) is 19.6. The van der Waals surface area contributed by atoms with Crippen LogP contribution in [0.15, 0.2) is 24.3 Å². The highest BCUT2D eigenvalue weighted by Crippen LogP contribution is 2.23. The van der Waals surface area contributed by atoms with Crippen molar-refractivity contribution in [1.82, 2.24) is 14.8 Å². The molecule has 2 aromatic rings. The van der Waals surface area contributed by atoms with Gasteiger partial charge < -0.3 is 14.5 Å². The quantitative estimate of drug-likeness (QED) is 0.779. The molecule has 0 spiro atoms. The van der Waals surface area contributed by atoms with E-state index in [0.29, 0.717) is 54.1 Å². The fourth-order valence-corrected chi connectivity index (χ4v) is 4.04. The minimum Gasteiger partial charge on any atom is -0.486 e. The Balaban J connectivity index is 1.63. The third-order valence-corrected chi connectivity index (χ3v) is 5.81. The number of ether oxygens (including phenoxy) is 1. The number of carbonyl (C=O) groups is 2. The van der Waals surface area contributed by atoms with Crippen molar-refractivity contribution >= 4 is 34.8 Å². The van der Waals surface area contributed by atoms with Crippen LogP contribution in [-0.4, -0.2) is 52.8 Å². The highest BCUT2D eigenvalue weighted by atomic mass is 35.5. The Morgan fingerprint density at radius 2 is 1.81 bits per heavy atom. The molecule has 0 N–H and O–H groups in total. The monoisotopic (exact) mass is 407 g/mol. The lowest BCUT2D eigenvalue weighted by molar-refractivity contribution is -0.128. The average Bonchev–Trinajstić information content (AvgIpc) is 2.85. The molecule has 1 aromatic carbocycles. The summed E-state index contributed by atoms with van der Waals surface area (Å²) in [7, 11) is 0. The van der Waals surface area contributed by atoms with Gasteiger partial charge in [0.05, 0.1) is 5.69 Å². The number of hydrogen-bond acceptors (Lipinski definition) is 5. The van der Waals surface area contributed by atoms with E-state index in [1.807, 2.05) is 11.8 Å². The Labute approximate surface area is 167 Å². The summed E-state index contributed by atoms with van der Waals surface area (Å²) in [6.07, 6.45) is 0.787. The molecule has 2 heterocycles. The van der Waals surface area contributed by atoms with Crippen molar-refractivity contribution in [3.05, 3.63) is 44.9 Å². The van der Waals surface area contributed by atoms with Crippen LogP contribution in [0, 0.1) is 6.92 Å². The lowest BCUT2D eigenvalue weighted by Crippen LogP contribution is -2.36. The summed E-state index contributed by atoms with van der Waals surface area (Å²) < 4.78 is 5.72. The minimum atomic E-state index is -0.0202. The number of aryl methyl sites for hydroxylation is 1. The summed E-state index contributed by atoms with van der Waals surface area (Å²) in [6.45, 7) is 6.18. The average molecular weight is 408 g/mol. The van der Waals surface area contributed by atoms with Gasteiger partial charge in [-0.1, -0.05) is 11.6 Å². The molecular weight excluding hydrogens is 386 g/mol. The predicted octanol–water partition coefficient (Wildman–Crippen LogP) is 3.38. The van der Waals surface area contributed by atoms with E-state index in [1.165, 1.54) is 11.3 Å². The van der Waals surface area contributed by atoms with Crippen LogP contribution in [-0.2, 0) is 11.4 Å². The van der Waals surface area contributed by atoms with Crippen molar-refractivity contribution in [3.8, 4) is 5.75 Å². The van der Waals surface area contributed by atoms with Crippen LogP contribution in [0.5, 0.6) is 5.75 Å². The second-order valence-electron chi connectivity index (χ2n) is 6.42. The smallest absolute Gasteiger partial charge is 0.265 e. The van der Waals surface area contributed by atoms with Crippen molar-refractivity contribution in [2.45, 2.75) is 26.9 Å². The van der Waals surface area contributed by atoms with E-state index in [9.17, 15) is 9.59 Å². The van der Waals surface area contributed by atoms with Crippen LogP contribution in [0.2, 0.25) is 5.02 Å². The van der Waals surface area contributed by atoms with E-state index in [4.69, 9.17) is 16.3 Å². The van der Waals surface area contributed by atoms with Gasteiger partial charge in [-0.25, -0.2) is 4.98 Å². The molecular formula is C19H22ClN3O3S. The van der Waals surface area contributed by atoms with Gasteiger partial charge in [0.15, 0.2) is 0 Å². The molecule has 27 heavy (non-hydrogen) atoms. The first-order valence-corrected chi connectivity index (χ1v) is 10.0. The molecule has 0 unspecified atom stereocenters. The highest BCUT2D eigenvalue weighted by Gasteiger charge is 2.24. The Kier molecular flexibility index (Phi) is 6.34. The van der Waals surface area contributed by atoms with Gasteiger partial charge in [-0.05, 0) is 37.6 Å². The van der Waals surface area contributed by atoms with Crippen molar-refractivity contribution in [2.75, 3.05) is 26.2 Å². The van der Waals surface area contributed by atoms with E-state index < -0.39 is 0 Å². The zero-order valence-electron chi connectivity index (χ0n) is 15.4. The summed E-state index contributed by atoms with van der Waals surface area (Å²) in [5.74, 6) is 0.741. The third-order valence-electron chi connectivity index (χ3n) is 4.44. The molecule has 0 atom stereocenters. The Bertz CT molecular complexity index is 822.